The molecule has 0 saturated heterocycles. The maximum atomic E-state index is 12.6. The van der Waals surface area contributed by atoms with E-state index in [1.54, 1.807) is 0 Å². The standard InChI is InChI=1S/C17H23NO3/c1-17(2,13-8-4-3-5-9-13)16(21)18-14-10-6-7-12(11-14)15(19)20/h3-5,8-9,12,14H,6-7,10-11H2,1-2H3,(H,18,21)(H,19,20). The summed E-state index contributed by atoms with van der Waals surface area (Å²) in [6, 6.07) is 9.63. The van der Waals surface area contributed by atoms with Crippen LogP contribution in [-0.2, 0) is 15.0 Å². The summed E-state index contributed by atoms with van der Waals surface area (Å²) in [5.74, 6) is -1.12. The van der Waals surface area contributed by atoms with Gasteiger partial charge in [-0.1, -0.05) is 36.8 Å². The van der Waals surface area contributed by atoms with Gasteiger partial charge >= 0.3 is 5.97 Å². The summed E-state index contributed by atoms with van der Waals surface area (Å²) in [6.45, 7) is 3.80. The summed E-state index contributed by atoms with van der Waals surface area (Å²) in [7, 11) is 0. The third kappa shape index (κ3) is 3.63. The van der Waals surface area contributed by atoms with Crippen LogP contribution in [0.4, 0.5) is 0 Å². The van der Waals surface area contributed by atoms with Crippen LogP contribution in [0.2, 0.25) is 0 Å². The Morgan fingerprint density at radius 3 is 2.48 bits per heavy atom. The molecule has 0 bridgehead atoms. The molecule has 0 radical (unpaired) electrons. The Hall–Kier alpha value is -1.84. The van der Waals surface area contributed by atoms with Gasteiger partial charge in [0, 0.05) is 6.04 Å². The summed E-state index contributed by atoms with van der Waals surface area (Å²) in [6.07, 6.45) is 2.96. The van der Waals surface area contributed by atoms with Gasteiger partial charge in [0.2, 0.25) is 5.91 Å². The maximum Gasteiger partial charge on any atom is 0.306 e. The topological polar surface area (TPSA) is 66.4 Å². The number of hydrogen-bond acceptors (Lipinski definition) is 2. The fourth-order valence-electron chi connectivity index (χ4n) is 2.90. The number of nitrogens with one attached hydrogen (secondary N) is 1. The van der Waals surface area contributed by atoms with Gasteiger partial charge in [-0.25, -0.2) is 0 Å². The molecular formula is C17H23NO3. The second-order valence-electron chi connectivity index (χ2n) is 6.36. The largest absolute Gasteiger partial charge is 0.481 e. The van der Waals surface area contributed by atoms with E-state index in [-0.39, 0.29) is 17.9 Å². The second-order valence-corrected chi connectivity index (χ2v) is 6.36. The average Bonchev–Trinajstić information content (AvgIpc) is 2.48. The van der Waals surface area contributed by atoms with Crippen molar-refractivity contribution in [1.29, 1.82) is 0 Å². The molecule has 1 saturated carbocycles. The third-order valence-electron chi connectivity index (χ3n) is 4.42. The van der Waals surface area contributed by atoms with Gasteiger partial charge in [0.25, 0.3) is 0 Å². The van der Waals surface area contributed by atoms with E-state index in [0.29, 0.717) is 12.8 Å². The molecule has 0 aliphatic heterocycles. The predicted octanol–water partition coefficient (Wildman–Crippen LogP) is 2.72. The molecule has 114 valence electrons. The first-order valence-corrected chi connectivity index (χ1v) is 7.50. The molecule has 4 heteroatoms. The summed E-state index contributed by atoms with van der Waals surface area (Å²) in [5, 5.41) is 12.2. The lowest BCUT2D eigenvalue weighted by Gasteiger charge is -2.31. The van der Waals surface area contributed by atoms with E-state index in [1.165, 1.54) is 0 Å². The van der Waals surface area contributed by atoms with E-state index in [4.69, 9.17) is 5.11 Å². The molecule has 1 aliphatic rings. The Kier molecular flexibility index (Phi) is 4.66. The van der Waals surface area contributed by atoms with Crippen molar-refractivity contribution in [2.45, 2.75) is 51.0 Å². The van der Waals surface area contributed by atoms with Gasteiger partial charge in [0.15, 0.2) is 0 Å². The zero-order valence-electron chi connectivity index (χ0n) is 12.6. The minimum atomic E-state index is -0.753. The van der Waals surface area contributed by atoms with Gasteiger partial charge in [-0.3, -0.25) is 9.59 Å². The average molecular weight is 289 g/mol. The Bertz CT molecular complexity index is 510. The number of carboxylic acids is 1. The fraction of sp³-hybridized carbons (Fsp3) is 0.529. The molecule has 2 unspecified atom stereocenters. The Labute approximate surface area is 125 Å². The van der Waals surface area contributed by atoms with Crippen molar-refractivity contribution in [1.82, 2.24) is 5.32 Å². The van der Waals surface area contributed by atoms with E-state index < -0.39 is 11.4 Å². The number of hydrogen-bond donors (Lipinski definition) is 2. The van der Waals surface area contributed by atoms with Crippen molar-refractivity contribution in [2.24, 2.45) is 5.92 Å². The molecule has 2 N–H and O–H groups in total. The van der Waals surface area contributed by atoms with Crippen molar-refractivity contribution in [3.05, 3.63) is 35.9 Å². The van der Waals surface area contributed by atoms with E-state index in [0.717, 1.165) is 18.4 Å². The van der Waals surface area contributed by atoms with Crippen LogP contribution in [0.15, 0.2) is 30.3 Å². The Morgan fingerprint density at radius 1 is 1.19 bits per heavy atom. The molecule has 2 atom stereocenters. The van der Waals surface area contributed by atoms with Gasteiger partial charge in [-0.2, -0.15) is 0 Å². The van der Waals surface area contributed by atoms with E-state index >= 15 is 0 Å². The quantitative estimate of drug-likeness (QED) is 0.895. The minimum absolute atomic E-state index is 0.0321. The van der Waals surface area contributed by atoms with Gasteiger partial charge in [-0.15, -0.1) is 0 Å². The molecule has 0 spiro atoms. The highest BCUT2D eigenvalue weighted by Gasteiger charge is 2.33. The van der Waals surface area contributed by atoms with Crippen molar-refractivity contribution in [3.63, 3.8) is 0 Å². The first kappa shape index (κ1) is 15.5. The summed E-state index contributed by atoms with van der Waals surface area (Å²) < 4.78 is 0. The lowest BCUT2D eigenvalue weighted by molar-refractivity contribution is -0.143. The van der Waals surface area contributed by atoms with Crippen LogP contribution in [0.1, 0.15) is 45.1 Å². The SMILES string of the molecule is CC(C)(C(=O)NC1CCCC(C(=O)O)C1)c1ccccc1. The van der Waals surface area contributed by atoms with Crippen molar-refractivity contribution in [3.8, 4) is 0 Å². The van der Waals surface area contributed by atoms with Crippen LogP contribution in [-0.4, -0.2) is 23.0 Å². The lowest BCUT2D eigenvalue weighted by Crippen LogP contribution is -2.47. The molecule has 1 fully saturated rings. The zero-order chi connectivity index (χ0) is 15.5. The monoisotopic (exact) mass is 289 g/mol. The number of carbonyl (C=O) groups is 2. The number of rotatable bonds is 4. The highest BCUT2D eigenvalue weighted by Crippen LogP contribution is 2.27. The van der Waals surface area contributed by atoms with Crippen molar-refractivity contribution < 1.29 is 14.7 Å². The molecule has 1 aromatic carbocycles. The highest BCUT2D eigenvalue weighted by atomic mass is 16.4. The normalized spacial score (nSPS) is 22.6. The Morgan fingerprint density at radius 2 is 1.86 bits per heavy atom. The molecule has 1 amide bonds. The number of carboxylic acid groups (broad SMARTS) is 1. The molecule has 21 heavy (non-hydrogen) atoms. The maximum absolute atomic E-state index is 12.6. The second kappa shape index (κ2) is 6.29. The molecule has 1 aliphatic carbocycles. The number of carbonyl (C=O) groups excluding carboxylic acids is 1. The zero-order valence-corrected chi connectivity index (χ0v) is 12.6. The molecule has 1 aromatic rings. The lowest BCUT2D eigenvalue weighted by atomic mass is 9.81. The van der Waals surface area contributed by atoms with E-state index in [1.807, 2.05) is 44.2 Å². The predicted molar refractivity (Wildman–Crippen MR) is 81.0 cm³/mol. The molecular weight excluding hydrogens is 266 g/mol. The van der Waals surface area contributed by atoms with Crippen LogP contribution in [0.25, 0.3) is 0 Å². The Balaban J connectivity index is 2.02. The van der Waals surface area contributed by atoms with E-state index in [9.17, 15) is 9.59 Å². The summed E-state index contributed by atoms with van der Waals surface area (Å²) in [5.41, 5.74) is 0.352. The van der Waals surface area contributed by atoms with Crippen LogP contribution in [0, 0.1) is 5.92 Å². The molecule has 2 rings (SSSR count). The number of amides is 1. The number of aliphatic carboxylic acids is 1. The first-order valence-electron chi connectivity index (χ1n) is 7.50. The van der Waals surface area contributed by atoms with Crippen LogP contribution in [0.3, 0.4) is 0 Å². The molecule has 0 heterocycles. The summed E-state index contributed by atoms with van der Waals surface area (Å²) in [4.78, 5) is 23.6. The van der Waals surface area contributed by atoms with Crippen molar-refractivity contribution >= 4 is 11.9 Å². The van der Waals surface area contributed by atoms with Gasteiger partial charge in [-0.05, 0) is 38.7 Å². The minimum Gasteiger partial charge on any atom is -0.481 e. The van der Waals surface area contributed by atoms with Gasteiger partial charge in [0.05, 0.1) is 11.3 Å². The third-order valence-corrected chi connectivity index (χ3v) is 4.42. The molecule has 4 nitrogen and oxygen atoms in total. The fourth-order valence-corrected chi connectivity index (χ4v) is 2.90. The van der Waals surface area contributed by atoms with Crippen LogP contribution < -0.4 is 5.32 Å². The molecule has 0 aromatic heterocycles. The van der Waals surface area contributed by atoms with Crippen LogP contribution in [0.5, 0.6) is 0 Å². The number of benzene rings is 1. The van der Waals surface area contributed by atoms with Crippen molar-refractivity contribution in [2.75, 3.05) is 0 Å². The summed E-state index contributed by atoms with van der Waals surface area (Å²) >= 11 is 0. The van der Waals surface area contributed by atoms with Gasteiger partial charge in [0.1, 0.15) is 0 Å². The van der Waals surface area contributed by atoms with Gasteiger partial charge < -0.3 is 10.4 Å². The van der Waals surface area contributed by atoms with E-state index in [2.05, 4.69) is 5.32 Å². The van der Waals surface area contributed by atoms with Crippen LogP contribution >= 0.6 is 0 Å². The first-order chi connectivity index (χ1) is 9.91. The highest BCUT2D eigenvalue weighted by molar-refractivity contribution is 5.87. The smallest absolute Gasteiger partial charge is 0.306 e.